The van der Waals surface area contributed by atoms with Crippen LogP contribution in [0.3, 0.4) is 0 Å². The van der Waals surface area contributed by atoms with Crippen molar-refractivity contribution in [3.8, 4) is 5.75 Å². The molecule has 0 radical (unpaired) electrons. The summed E-state index contributed by atoms with van der Waals surface area (Å²) in [5.74, 6) is -0.0568. The van der Waals surface area contributed by atoms with E-state index in [2.05, 4.69) is 27.7 Å². The number of ether oxygens (including phenoxy) is 1. The van der Waals surface area contributed by atoms with Gasteiger partial charge >= 0.3 is 0 Å². The Bertz CT molecular complexity index is 530. The predicted octanol–water partition coefficient (Wildman–Crippen LogP) is 2.24. The monoisotopic (exact) mass is 278 g/mol. The third-order valence-electron chi connectivity index (χ3n) is 3.12. The van der Waals surface area contributed by atoms with Gasteiger partial charge in [0.05, 0.1) is 25.0 Å². The van der Waals surface area contributed by atoms with E-state index in [0.29, 0.717) is 12.0 Å². The standard InChI is InChI=1S/C14H19FN4O/c1-3-7-16-11(12-9-17-19-18-12)8-10-5-4-6-13(20-2)14(10)15/h4-6,9,11,16H,3,7-8H2,1-2H3,(H,17,18,19). The topological polar surface area (TPSA) is 62.8 Å². The van der Waals surface area contributed by atoms with Crippen molar-refractivity contribution < 1.29 is 9.13 Å². The van der Waals surface area contributed by atoms with Crippen molar-refractivity contribution >= 4 is 0 Å². The van der Waals surface area contributed by atoms with Gasteiger partial charge in [0.25, 0.3) is 0 Å². The summed E-state index contributed by atoms with van der Waals surface area (Å²) in [4.78, 5) is 0. The maximum absolute atomic E-state index is 14.2. The number of benzene rings is 1. The van der Waals surface area contributed by atoms with Crippen molar-refractivity contribution in [3.63, 3.8) is 0 Å². The molecule has 2 aromatic rings. The molecule has 6 heteroatoms. The highest BCUT2D eigenvalue weighted by Gasteiger charge is 2.18. The minimum atomic E-state index is -0.318. The molecule has 1 aromatic heterocycles. The lowest BCUT2D eigenvalue weighted by Crippen LogP contribution is -2.25. The molecule has 0 bridgehead atoms. The molecular weight excluding hydrogens is 259 g/mol. The summed E-state index contributed by atoms with van der Waals surface area (Å²) in [5, 5.41) is 13.8. The van der Waals surface area contributed by atoms with Crippen LogP contribution in [-0.2, 0) is 6.42 Å². The van der Waals surface area contributed by atoms with Crippen molar-refractivity contribution in [1.82, 2.24) is 20.7 Å². The zero-order chi connectivity index (χ0) is 14.4. The molecule has 1 atom stereocenters. The van der Waals surface area contributed by atoms with Gasteiger partial charge in [-0.1, -0.05) is 19.1 Å². The van der Waals surface area contributed by atoms with E-state index in [-0.39, 0.29) is 17.6 Å². The summed E-state index contributed by atoms with van der Waals surface area (Å²) in [6.45, 7) is 2.92. The quantitative estimate of drug-likeness (QED) is 0.815. The SMILES string of the molecule is CCCNC(Cc1cccc(OC)c1F)c1cn[nH]n1. The Morgan fingerprint density at radius 2 is 2.30 bits per heavy atom. The van der Waals surface area contributed by atoms with Crippen LogP contribution in [0.5, 0.6) is 5.75 Å². The van der Waals surface area contributed by atoms with Crippen molar-refractivity contribution in [3.05, 3.63) is 41.5 Å². The van der Waals surface area contributed by atoms with E-state index in [1.165, 1.54) is 7.11 Å². The number of aromatic amines is 1. The van der Waals surface area contributed by atoms with E-state index >= 15 is 0 Å². The first-order chi connectivity index (χ1) is 9.76. The van der Waals surface area contributed by atoms with Gasteiger partial charge in [-0.25, -0.2) is 4.39 Å². The second kappa shape index (κ2) is 7.00. The number of methoxy groups -OCH3 is 1. The van der Waals surface area contributed by atoms with E-state index < -0.39 is 0 Å². The average Bonchev–Trinajstić information content (AvgIpc) is 2.99. The smallest absolute Gasteiger partial charge is 0.168 e. The average molecular weight is 278 g/mol. The molecule has 0 saturated heterocycles. The molecule has 2 rings (SSSR count). The van der Waals surface area contributed by atoms with Crippen LogP contribution in [0.2, 0.25) is 0 Å². The highest BCUT2D eigenvalue weighted by Crippen LogP contribution is 2.24. The Kier molecular flexibility index (Phi) is 5.06. The van der Waals surface area contributed by atoms with Crippen LogP contribution in [0.4, 0.5) is 4.39 Å². The number of H-pyrrole nitrogens is 1. The van der Waals surface area contributed by atoms with Gasteiger partial charge in [0, 0.05) is 0 Å². The van der Waals surface area contributed by atoms with Gasteiger partial charge in [-0.2, -0.15) is 15.4 Å². The molecule has 2 N–H and O–H groups in total. The lowest BCUT2D eigenvalue weighted by molar-refractivity contribution is 0.382. The number of nitrogens with zero attached hydrogens (tertiary/aromatic N) is 2. The maximum Gasteiger partial charge on any atom is 0.168 e. The molecule has 1 heterocycles. The minimum absolute atomic E-state index is 0.0738. The summed E-state index contributed by atoms with van der Waals surface area (Å²) in [6.07, 6.45) is 3.15. The van der Waals surface area contributed by atoms with Crippen LogP contribution in [0.1, 0.15) is 30.6 Å². The second-order valence-corrected chi connectivity index (χ2v) is 4.54. The van der Waals surface area contributed by atoms with Gasteiger partial charge in [-0.15, -0.1) is 0 Å². The summed E-state index contributed by atoms with van der Waals surface area (Å²) < 4.78 is 19.2. The summed E-state index contributed by atoms with van der Waals surface area (Å²) in [7, 11) is 1.46. The lowest BCUT2D eigenvalue weighted by Gasteiger charge is -2.17. The number of rotatable bonds is 7. The number of hydrogen-bond acceptors (Lipinski definition) is 4. The molecule has 0 aliphatic carbocycles. The predicted molar refractivity (Wildman–Crippen MR) is 74.1 cm³/mol. The first-order valence-corrected chi connectivity index (χ1v) is 6.66. The van der Waals surface area contributed by atoms with Crippen LogP contribution in [0, 0.1) is 5.82 Å². The number of hydrogen-bond donors (Lipinski definition) is 2. The van der Waals surface area contributed by atoms with Gasteiger partial charge in [0.15, 0.2) is 11.6 Å². The Morgan fingerprint density at radius 1 is 1.45 bits per heavy atom. The molecule has 108 valence electrons. The lowest BCUT2D eigenvalue weighted by atomic mass is 10.0. The first kappa shape index (κ1) is 14.5. The van der Waals surface area contributed by atoms with E-state index in [0.717, 1.165) is 18.7 Å². The van der Waals surface area contributed by atoms with Crippen LogP contribution >= 0.6 is 0 Å². The van der Waals surface area contributed by atoms with E-state index in [1.807, 2.05) is 0 Å². The van der Waals surface area contributed by atoms with E-state index in [1.54, 1.807) is 24.4 Å². The number of nitrogens with one attached hydrogen (secondary N) is 2. The van der Waals surface area contributed by atoms with E-state index in [4.69, 9.17) is 4.74 Å². The highest BCUT2D eigenvalue weighted by molar-refractivity contribution is 5.32. The third-order valence-corrected chi connectivity index (χ3v) is 3.12. The summed E-state index contributed by atoms with van der Waals surface area (Å²) >= 11 is 0. The van der Waals surface area contributed by atoms with Crippen LogP contribution in [0.15, 0.2) is 24.4 Å². The fourth-order valence-electron chi connectivity index (χ4n) is 2.07. The van der Waals surface area contributed by atoms with Crippen LogP contribution in [-0.4, -0.2) is 29.1 Å². The molecular formula is C14H19FN4O. The van der Waals surface area contributed by atoms with Crippen molar-refractivity contribution in [1.29, 1.82) is 0 Å². The maximum atomic E-state index is 14.2. The van der Waals surface area contributed by atoms with Gasteiger partial charge in [0.2, 0.25) is 0 Å². The molecule has 0 aliphatic heterocycles. The third kappa shape index (κ3) is 3.33. The Morgan fingerprint density at radius 3 is 2.95 bits per heavy atom. The zero-order valence-corrected chi connectivity index (χ0v) is 11.7. The number of halogens is 1. The molecule has 0 aliphatic rings. The fraction of sp³-hybridized carbons (Fsp3) is 0.429. The van der Waals surface area contributed by atoms with E-state index in [9.17, 15) is 4.39 Å². The van der Waals surface area contributed by atoms with Crippen LogP contribution in [0.25, 0.3) is 0 Å². The molecule has 1 aromatic carbocycles. The van der Waals surface area contributed by atoms with Crippen molar-refractivity contribution in [2.24, 2.45) is 0 Å². The fourth-order valence-corrected chi connectivity index (χ4v) is 2.07. The van der Waals surface area contributed by atoms with Crippen molar-refractivity contribution in [2.75, 3.05) is 13.7 Å². The Balaban J connectivity index is 2.19. The molecule has 0 saturated carbocycles. The van der Waals surface area contributed by atoms with Gasteiger partial charge in [0.1, 0.15) is 0 Å². The van der Waals surface area contributed by atoms with Gasteiger partial charge < -0.3 is 10.1 Å². The highest BCUT2D eigenvalue weighted by atomic mass is 19.1. The molecule has 0 amide bonds. The minimum Gasteiger partial charge on any atom is -0.494 e. The normalized spacial score (nSPS) is 12.3. The largest absolute Gasteiger partial charge is 0.494 e. The second-order valence-electron chi connectivity index (χ2n) is 4.54. The molecule has 0 fully saturated rings. The summed E-state index contributed by atoms with van der Waals surface area (Å²) in [6, 6.07) is 5.09. The zero-order valence-electron chi connectivity index (χ0n) is 11.7. The number of aromatic nitrogens is 3. The van der Waals surface area contributed by atoms with Gasteiger partial charge in [-0.05, 0) is 31.0 Å². The first-order valence-electron chi connectivity index (χ1n) is 6.66. The Labute approximate surface area is 117 Å². The molecule has 0 spiro atoms. The molecule has 5 nitrogen and oxygen atoms in total. The van der Waals surface area contributed by atoms with Crippen molar-refractivity contribution in [2.45, 2.75) is 25.8 Å². The van der Waals surface area contributed by atoms with Crippen LogP contribution < -0.4 is 10.1 Å². The molecule has 1 unspecified atom stereocenters. The Hall–Kier alpha value is -1.95. The summed E-state index contributed by atoms with van der Waals surface area (Å²) in [5.41, 5.74) is 1.38. The molecule has 20 heavy (non-hydrogen) atoms. The van der Waals surface area contributed by atoms with Gasteiger partial charge in [-0.3, -0.25) is 0 Å².